The average molecular weight is 302 g/mol. The van der Waals surface area contributed by atoms with Gasteiger partial charge in [0.25, 0.3) is 5.91 Å². The highest BCUT2D eigenvalue weighted by molar-refractivity contribution is 9.09. The zero-order chi connectivity index (χ0) is 13.1. The van der Waals surface area contributed by atoms with Gasteiger partial charge in [0.2, 0.25) is 0 Å². The molecular formula is C12H20BrN3O. The Labute approximate surface area is 111 Å². The van der Waals surface area contributed by atoms with Gasteiger partial charge in [-0.15, -0.1) is 0 Å². The molecule has 0 saturated carbocycles. The molecule has 1 amide bonds. The van der Waals surface area contributed by atoms with E-state index in [4.69, 9.17) is 0 Å². The minimum atomic E-state index is -0.0744. The van der Waals surface area contributed by atoms with E-state index in [0.717, 1.165) is 12.1 Å². The molecule has 1 atom stereocenters. The Morgan fingerprint density at radius 2 is 2.24 bits per heavy atom. The number of aryl methyl sites for hydroxylation is 1. The molecule has 1 rings (SSSR count). The van der Waals surface area contributed by atoms with E-state index in [1.165, 1.54) is 0 Å². The third kappa shape index (κ3) is 4.89. The van der Waals surface area contributed by atoms with Gasteiger partial charge in [-0.05, 0) is 18.8 Å². The van der Waals surface area contributed by atoms with E-state index in [0.29, 0.717) is 16.9 Å². The maximum absolute atomic E-state index is 11.8. The molecule has 0 aliphatic heterocycles. The molecule has 0 radical (unpaired) electrons. The molecule has 0 aliphatic carbocycles. The van der Waals surface area contributed by atoms with Gasteiger partial charge < -0.3 is 5.32 Å². The van der Waals surface area contributed by atoms with Crippen molar-refractivity contribution in [2.75, 3.05) is 6.54 Å². The highest BCUT2D eigenvalue weighted by Crippen LogP contribution is 2.24. The lowest BCUT2D eigenvalue weighted by Gasteiger charge is -2.22. The summed E-state index contributed by atoms with van der Waals surface area (Å²) in [6.45, 7) is 9.01. The highest BCUT2D eigenvalue weighted by atomic mass is 79.9. The molecule has 2 N–H and O–H groups in total. The van der Waals surface area contributed by atoms with E-state index >= 15 is 0 Å². The Morgan fingerprint density at radius 1 is 1.59 bits per heavy atom. The predicted molar refractivity (Wildman–Crippen MR) is 72.4 cm³/mol. The van der Waals surface area contributed by atoms with Crippen molar-refractivity contribution in [2.45, 2.75) is 38.9 Å². The van der Waals surface area contributed by atoms with Crippen LogP contribution in [0.25, 0.3) is 0 Å². The second-order valence-electron chi connectivity index (χ2n) is 5.48. The third-order valence-electron chi connectivity index (χ3n) is 2.39. The maximum Gasteiger partial charge on any atom is 0.254 e. The zero-order valence-corrected chi connectivity index (χ0v) is 12.4. The first-order valence-corrected chi connectivity index (χ1v) is 6.63. The average Bonchev–Trinajstić information content (AvgIpc) is 2.58. The van der Waals surface area contributed by atoms with Crippen LogP contribution in [0.15, 0.2) is 6.20 Å². The minimum Gasteiger partial charge on any atom is -0.351 e. The first-order chi connectivity index (χ1) is 7.79. The van der Waals surface area contributed by atoms with Crippen LogP contribution in [0.3, 0.4) is 0 Å². The summed E-state index contributed by atoms with van der Waals surface area (Å²) < 4.78 is 0. The summed E-state index contributed by atoms with van der Waals surface area (Å²) in [6.07, 6.45) is 2.56. The number of amides is 1. The summed E-state index contributed by atoms with van der Waals surface area (Å²) >= 11 is 3.59. The van der Waals surface area contributed by atoms with Crippen molar-refractivity contribution in [2.24, 2.45) is 5.41 Å². The quantitative estimate of drug-likeness (QED) is 0.840. The minimum absolute atomic E-state index is 0.0744. The summed E-state index contributed by atoms with van der Waals surface area (Å²) in [5, 5.41) is 9.49. The smallest absolute Gasteiger partial charge is 0.254 e. The molecule has 5 heteroatoms. The van der Waals surface area contributed by atoms with E-state index in [-0.39, 0.29) is 11.3 Å². The van der Waals surface area contributed by atoms with Crippen LogP contribution in [-0.2, 0) is 0 Å². The van der Waals surface area contributed by atoms with Crippen LogP contribution >= 0.6 is 15.9 Å². The Hall–Kier alpha value is -0.840. The van der Waals surface area contributed by atoms with E-state index < -0.39 is 0 Å². The van der Waals surface area contributed by atoms with Crippen molar-refractivity contribution >= 4 is 21.8 Å². The van der Waals surface area contributed by atoms with Gasteiger partial charge in [0, 0.05) is 17.1 Å². The van der Waals surface area contributed by atoms with E-state index in [1.807, 2.05) is 6.92 Å². The summed E-state index contributed by atoms with van der Waals surface area (Å²) in [5.74, 6) is -0.0744. The molecule has 0 spiro atoms. The van der Waals surface area contributed by atoms with Crippen molar-refractivity contribution in [1.82, 2.24) is 15.5 Å². The number of hydrogen-bond donors (Lipinski definition) is 2. The van der Waals surface area contributed by atoms with Gasteiger partial charge in [0.05, 0.1) is 11.8 Å². The number of nitrogens with one attached hydrogen (secondary N) is 2. The predicted octanol–water partition coefficient (Wildman–Crippen LogP) is 2.65. The van der Waals surface area contributed by atoms with Gasteiger partial charge in [-0.1, -0.05) is 36.7 Å². The summed E-state index contributed by atoms with van der Waals surface area (Å²) in [6, 6.07) is 0. The van der Waals surface area contributed by atoms with E-state index in [2.05, 4.69) is 52.2 Å². The van der Waals surface area contributed by atoms with Crippen molar-refractivity contribution in [3.05, 3.63) is 17.5 Å². The lowest BCUT2D eigenvalue weighted by atomic mass is 9.90. The van der Waals surface area contributed by atoms with E-state index in [1.54, 1.807) is 6.20 Å². The molecule has 0 bridgehead atoms. The Balaban J connectivity index is 2.42. The number of nitrogens with zero attached hydrogens (tertiary/aromatic N) is 1. The molecule has 96 valence electrons. The number of aromatic nitrogens is 2. The number of hydrogen-bond acceptors (Lipinski definition) is 2. The number of H-pyrrole nitrogens is 1. The normalized spacial score (nSPS) is 13.5. The Morgan fingerprint density at radius 3 is 2.71 bits per heavy atom. The van der Waals surface area contributed by atoms with Gasteiger partial charge in [-0.25, -0.2) is 0 Å². The third-order valence-corrected chi connectivity index (χ3v) is 3.04. The highest BCUT2D eigenvalue weighted by Gasteiger charge is 2.18. The van der Waals surface area contributed by atoms with Crippen molar-refractivity contribution < 1.29 is 4.79 Å². The zero-order valence-electron chi connectivity index (χ0n) is 10.8. The van der Waals surface area contributed by atoms with Gasteiger partial charge in [-0.3, -0.25) is 9.89 Å². The van der Waals surface area contributed by atoms with Crippen LogP contribution in [0, 0.1) is 12.3 Å². The van der Waals surface area contributed by atoms with Crippen LogP contribution in [0.5, 0.6) is 0 Å². The summed E-state index contributed by atoms with van der Waals surface area (Å²) in [5.41, 5.74) is 1.66. The molecule has 1 unspecified atom stereocenters. The number of carbonyl (C=O) groups excluding carboxylic acids is 1. The van der Waals surface area contributed by atoms with Gasteiger partial charge in [0.1, 0.15) is 0 Å². The van der Waals surface area contributed by atoms with Crippen LogP contribution in [0.2, 0.25) is 0 Å². The standard InChI is InChI=1S/C12H20BrN3O/c1-8-10(7-15-16-8)11(17)14-6-9(13)5-12(2,3)4/h7,9H,5-6H2,1-4H3,(H,14,17)(H,15,16). The fourth-order valence-electron chi connectivity index (χ4n) is 1.61. The van der Waals surface area contributed by atoms with Crippen molar-refractivity contribution in [3.63, 3.8) is 0 Å². The Kier molecular flexibility index (Phi) is 4.74. The fourth-order valence-corrected chi connectivity index (χ4v) is 2.75. The Bertz CT molecular complexity index is 381. The molecule has 1 aromatic heterocycles. The molecule has 4 nitrogen and oxygen atoms in total. The van der Waals surface area contributed by atoms with Crippen LogP contribution in [0.1, 0.15) is 43.2 Å². The fraction of sp³-hybridized carbons (Fsp3) is 0.667. The molecular weight excluding hydrogens is 282 g/mol. The number of halogens is 1. The van der Waals surface area contributed by atoms with E-state index in [9.17, 15) is 4.79 Å². The molecule has 0 saturated heterocycles. The second-order valence-corrected chi connectivity index (χ2v) is 6.78. The van der Waals surface area contributed by atoms with Crippen LogP contribution in [-0.4, -0.2) is 27.5 Å². The molecule has 0 fully saturated rings. The van der Waals surface area contributed by atoms with Gasteiger partial charge >= 0.3 is 0 Å². The first-order valence-electron chi connectivity index (χ1n) is 5.72. The largest absolute Gasteiger partial charge is 0.351 e. The maximum atomic E-state index is 11.8. The van der Waals surface area contributed by atoms with Crippen molar-refractivity contribution in [1.29, 1.82) is 0 Å². The molecule has 0 aliphatic rings. The molecule has 17 heavy (non-hydrogen) atoms. The van der Waals surface area contributed by atoms with Gasteiger partial charge in [0.15, 0.2) is 0 Å². The van der Waals surface area contributed by atoms with Crippen LogP contribution < -0.4 is 5.32 Å². The summed E-state index contributed by atoms with van der Waals surface area (Å²) in [7, 11) is 0. The number of rotatable bonds is 4. The monoisotopic (exact) mass is 301 g/mol. The second kappa shape index (κ2) is 5.67. The molecule has 1 aromatic rings. The number of alkyl halides is 1. The lowest BCUT2D eigenvalue weighted by molar-refractivity contribution is 0.0952. The topological polar surface area (TPSA) is 57.8 Å². The molecule has 0 aromatic carbocycles. The first kappa shape index (κ1) is 14.2. The summed E-state index contributed by atoms with van der Waals surface area (Å²) in [4.78, 5) is 12.1. The van der Waals surface area contributed by atoms with Crippen LogP contribution in [0.4, 0.5) is 0 Å². The van der Waals surface area contributed by atoms with Gasteiger partial charge in [-0.2, -0.15) is 5.10 Å². The number of aromatic amines is 1. The molecule has 1 heterocycles. The lowest BCUT2D eigenvalue weighted by Crippen LogP contribution is -2.31. The van der Waals surface area contributed by atoms with Crippen molar-refractivity contribution in [3.8, 4) is 0 Å². The number of carbonyl (C=O) groups is 1. The SMILES string of the molecule is Cc1[nH]ncc1C(=O)NCC(Br)CC(C)(C)C.